The van der Waals surface area contributed by atoms with E-state index in [0.29, 0.717) is 22.9 Å². The Morgan fingerprint density at radius 2 is 2.06 bits per heavy atom. The first kappa shape index (κ1) is 13.1. The monoisotopic (exact) mass is 324 g/mol. The number of ether oxygens (including phenoxy) is 1. The van der Waals surface area contributed by atoms with Crippen LogP contribution in [0.5, 0.6) is 5.75 Å². The van der Waals surface area contributed by atoms with Gasteiger partial charge in [-0.15, -0.1) is 0 Å². The summed E-state index contributed by atoms with van der Waals surface area (Å²) in [7, 11) is 0. The summed E-state index contributed by atoms with van der Waals surface area (Å²) >= 11 is 9.20. The Balaban J connectivity index is 2.13. The van der Waals surface area contributed by atoms with E-state index in [1.165, 1.54) is 0 Å². The van der Waals surface area contributed by atoms with Crippen LogP contribution in [-0.4, -0.2) is 6.29 Å². The van der Waals surface area contributed by atoms with Crippen molar-refractivity contribution in [2.24, 2.45) is 0 Å². The van der Waals surface area contributed by atoms with Gasteiger partial charge in [0.1, 0.15) is 12.4 Å². The summed E-state index contributed by atoms with van der Waals surface area (Å²) in [5.74, 6) is 0.563. The zero-order valence-corrected chi connectivity index (χ0v) is 11.7. The number of hydrogen-bond acceptors (Lipinski definition) is 2. The highest BCUT2D eigenvalue weighted by molar-refractivity contribution is 9.10. The van der Waals surface area contributed by atoms with E-state index in [-0.39, 0.29) is 0 Å². The normalized spacial score (nSPS) is 10.1. The summed E-state index contributed by atoms with van der Waals surface area (Å²) < 4.78 is 6.46. The van der Waals surface area contributed by atoms with Gasteiger partial charge in [-0.05, 0) is 35.9 Å². The molecule has 2 rings (SSSR count). The summed E-state index contributed by atoms with van der Waals surface area (Å²) in [6.45, 7) is 0.378. The van der Waals surface area contributed by atoms with Gasteiger partial charge in [-0.1, -0.05) is 39.7 Å². The Morgan fingerprint density at radius 1 is 1.22 bits per heavy atom. The van der Waals surface area contributed by atoms with Crippen molar-refractivity contribution in [3.63, 3.8) is 0 Å². The van der Waals surface area contributed by atoms with Gasteiger partial charge in [0, 0.05) is 9.50 Å². The van der Waals surface area contributed by atoms with Crippen molar-refractivity contribution in [3.8, 4) is 5.75 Å². The molecule has 0 aliphatic carbocycles. The van der Waals surface area contributed by atoms with Crippen molar-refractivity contribution in [1.82, 2.24) is 0 Å². The molecule has 0 aromatic heterocycles. The van der Waals surface area contributed by atoms with Crippen molar-refractivity contribution < 1.29 is 9.53 Å². The molecule has 0 fully saturated rings. The quantitative estimate of drug-likeness (QED) is 0.774. The molecule has 0 spiro atoms. The van der Waals surface area contributed by atoms with Crippen LogP contribution in [0.4, 0.5) is 0 Å². The molecule has 2 aromatic carbocycles. The third kappa shape index (κ3) is 3.34. The maximum Gasteiger partial charge on any atom is 0.153 e. The predicted molar refractivity (Wildman–Crippen MR) is 75.3 cm³/mol. The van der Waals surface area contributed by atoms with Crippen LogP contribution in [0.1, 0.15) is 15.9 Å². The minimum absolute atomic E-state index is 0.378. The lowest BCUT2D eigenvalue weighted by atomic mass is 10.2. The molecule has 4 heteroatoms. The Labute approximate surface area is 119 Å². The first-order valence-corrected chi connectivity index (χ1v) is 6.48. The SMILES string of the molecule is O=Cc1cc(Br)ccc1OCc1cccc(Cl)c1. The molecule has 0 saturated carbocycles. The predicted octanol–water partition coefficient (Wildman–Crippen LogP) is 4.49. The molecular weight excluding hydrogens is 316 g/mol. The second-order valence-corrected chi connectivity index (χ2v) is 5.07. The molecule has 2 nitrogen and oxygen atoms in total. The Morgan fingerprint density at radius 3 is 2.78 bits per heavy atom. The van der Waals surface area contributed by atoms with Gasteiger partial charge in [-0.2, -0.15) is 0 Å². The summed E-state index contributed by atoms with van der Waals surface area (Å²) in [4.78, 5) is 10.9. The van der Waals surface area contributed by atoms with Crippen molar-refractivity contribution in [1.29, 1.82) is 0 Å². The third-order valence-corrected chi connectivity index (χ3v) is 3.11. The Bertz CT molecular complexity index is 569. The molecule has 0 heterocycles. The lowest BCUT2D eigenvalue weighted by molar-refractivity contribution is 0.111. The largest absolute Gasteiger partial charge is 0.488 e. The standard InChI is InChI=1S/C14H10BrClO2/c15-12-4-5-14(11(7-12)8-17)18-9-10-2-1-3-13(16)6-10/h1-8H,9H2. The fourth-order valence-corrected chi connectivity index (χ4v) is 2.12. The van der Waals surface area contributed by atoms with Crippen LogP contribution in [0.15, 0.2) is 46.9 Å². The second-order valence-electron chi connectivity index (χ2n) is 3.72. The Hall–Kier alpha value is -1.32. The highest BCUT2D eigenvalue weighted by Crippen LogP contribution is 2.23. The van der Waals surface area contributed by atoms with Crippen LogP contribution in [0.3, 0.4) is 0 Å². The zero-order chi connectivity index (χ0) is 13.0. The van der Waals surface area contributed by atoms with Crippen LogP contribution in [0.2, 0.25) is 5.02 Å². The van der Waals surface area contributed by atoms with E-state index in [0.717, 1.165) is 16.3 Å². The van der Waals surface area contributed by atoms with E-state index in [4.69, 9.17) is 16.3 Å². The van der Waals surface area contributed by atoms with Gasteiger partial charge in [0.15, 0.2) is 6.29 Å². The van der Waals surface area contributed by atoms with Crippen LogP contribution < -0.4 is 4.74 Å². The van der Waals surface area contributed by atoms with Crippen molar-refractivity contribution >= 4 is 33.8 Å². The van der Waals surface area contributed by atoms with Crippen molar-refractivity contribution in [2.45, 2.75) is 6.61 Å². The van der Waals surface area contributed by atoms with Gasteiger partial charge in [0.05, 0.1) is 5.56 Å². The topological polar surface area (TPSA) is 26.3 Å². The van der Waals surface area contributed by atoms with Gasteiger partial charge < -0.3 is 4.74 Å². The van der Waals surface area contributed by atoms with Crippen LogP contribution in [0.25, 0.3) is 0 Å². The molecule has 0 atom stereocenters. The Kier molecular flexibility index (Phi) is 4.39. The number of rotatable bonds is 4. The summed E-state index contributed by atoms with van der Waals surface area (Å²) in [5.41, 5.74) is 1.48. The summed E-state index contributed by atoms with van der Waals surface area (Å²) in [6, 6.07) is 12.7. The van der Waals surface area contributed by atoms with Crippen molar-refractivity contribution in [3.05, 3.63) is 63.1 Å². The maximum absolute atomic E-state index is 10.9. The highest BCUT2D eigenvalue weighted by atomic mass is 79.9. The molecular formula is C14H10BrClO2. The highest BCUT2D eigenvalue weighted by Gasteiger charge is 2.04. The molecule has 0 bridgehead atoms. The minimum Gasteiger partial charge on any atom is -0.488 e. The second kappa shape index (κ2) is 6.03. The van der Waals surface area contributed by atoms with E-state index in [1.54, 1.807) is 12.1 Å². The van der Waals surface area contributed by atoms with E-state index in [2.05, 4.69) is 15.9 Å². The van der Waals surface area contributed by atoms with Crippen LogP contribution >= 0.6 is 27.5 Å². The van der Waals surface area contributed by atoms with E-state index in [9.17, 15) is 4.79 Å². The lowest BCUT2D eigenvalue weighted by Crippen LogP contribution is -1.98. The smallest absolute Gasteiger partial charge is 0.153 e. The van der Waals surface area contributed by atoms with Gasteiger partial charge in [0.25, 0.3) is 0 Å². The number of hydrogen-bond donors (Lipinski definition) is 0. The minimum atomic E-state index is 0.378. The van der Waals surface area contributed by atoms with Crippen molar-refractivity contribution in [2.75, 3.05) is 0 Å². The number of carbonyl (C=O) groups is 1. The molecule has 0 saturated heterocycles. The third-order valence-electron chi connectivity index (χ3n) is 2.38. The van der Waals surface area contributed by atoms with Crippen LogP contribution in [-0.2, 0) is 6.61 Å². The molecule has 0 N–H and O–H groups in total. The molecule has 0 aliphatic rings. The average Bonchev–Trinajstić information content (AvgIpc) is 2.37. The number of aldehydes is 1. The van der Waals surface area contributed by atoms with E-state index >= 15 is 0 Å². The summed E-state index contributed by atoms with van der Waals surface area (Å²) in [6.07, 6.45) is 0.776. The number of halogens is 2. The fourth-order valence-electron chi connectivity index (χ4n) is 1.53. The van der Waals surface area contributed by atoms with Gasteiger partial charge in [0.2, 0.25) is 0 Å². The average molecular weight is 326 g/mol. The maximum atomic E-state index is 10.9. The number of carbonyl (C=O) groups excluding carboxylic acids is 1. The molecule has 0 radical (unpaired) electrons. The molecule has 0 aliphatic heterocycles. The van der Waals surface area contributed by atoms with Gasteiger partial charge in [-0.25, -0.2) is 0 Å². The van der Waals surface area contributed by atoms with E-state index in [1.807, 2.05) is 30.3 Å². The molecule has 0 unspecified atom stereocenters. The molecule has 18 heavy (non-hydrogen) atoms. The van der Waals surface area contributed by atoms with Crippen LogP contribution in [0, 0.1) is 0 Å². The first-order chi connectivity index (χ1) is 8.69. The van der Waals surface area contributed by atoms with Gasteiger partial charge >= 0.3 is 0 Å². The molecule has 2 aromatic rings. The molecule has 0 amide bonds. The lowest BCUT2D eigenvalue weighted by Gasteiger charge is -2.09. The summed E-state index contributed by atoms with van der Waals surface area (Å²) in [5, 5.41) is 0.669. The fraction of sp³-hybridized carbons (Fsp3) is 0.0714. The number of benzene rings is 2. The first-order valence-electron chi connectivity index (χ1n) is 5.31. The van der Waals surface area contributed by atoms with E-state index < -0.39 is 0 Å². The zero-order valence-electron chi connectivity index (χ0n) is 9.40. The van der Waals surface area contributed by atoms with Gasteiger partial charge in [-0.3, -0.25) is 4.79 Å². The molecule has 92 valence electrons.